The number of ether oxygens (including phenoxy) is 1. The molecule has 114 valence electrons. The van der Waals surface area contributed by atoms with Crippen molar-refractivity contribution < 1.29 is 4.74 Å². The first-order valence-electron chi connectivity index (χ1n) is 7.54. The lowest BCUT2D eigenvalue weighted by molar-refractivity contribution is 0.0943. The topological polar surface area (TPSA) is 24.5 Å². The zero-order valence-corrected chi connectivity index (χ0v) is 13.9. The number of nitrogens with zero attached hydrogens (tertiary/aromatic N) is 1. The Labute approximate surface area is 124 Å². The van der Waals surface area contributed by atoms with Crippen LogP contribution < -0.4 is 10.1 Å². The monoisotopic (exact) mass is 278 g/mol. The largest absolute Gasteiger partial charge is 0.497 e. The smallest absolute Gasteiger partial charge is 0.119 e. The lowest BCUT2D eigenvalue weighted by Gasteiger charge is -2.43. The van der Waals surface area contributed by atoms with Crippen LogP contribution in [0.15, 0.2) is 24.3 Å². The van der Waals surface area contributed by atoms with E-state index in [4.69, 9.17) is 4.74 Å². The Hall–Kier alpha value is -1.06. The average Bonchev–Trinajstić information content (AvgIpc) is 2.45. The van der Waals surface area contributed by atoms with Crippen LogP contribution in [0.3, 0.4) is 0 Å². The van der Waals surface area contributed by atoms with Crippen LogP contribution in [0.2, 0.25) is 0 Å². The van der Waals surface area contributed by atoms with Gasteiger partial charge in [0.2, 0.25) is 0 Å². The lowest BCUT2D eigenvalue weighted by atomic mass is 9.87. The molecule has 0 saturated heterocycles. The standard InChI is InChI=1S/C17H30N2O/c1-7-19(8-2)17(3,4)16(18-5)13-14-10-9-11-15(12-14)20-6/h9-12,16,18H,7-8,13H2,1-6H3. The summed E-state index contributed by atoms with van der Waals surface area (Å²) < 4.78 is 5.31. The van der Waals surface area contributed by atoms with Crippen LogP contribution in [0.25, 0.3) is 0 Å². The summed E-state index contributed by atoms with van der Waals surface area (Å²) in [4.78, 5) is 2.51. The van der Waals surface area contributed by atoms with Gasteiger partial charge in [-0.2, -0.15) is 0 Å². The van der Waals surface area contributed by atoms with Gasteiger partial charge in [0.05, 0.1) is 7.11 Å². The zero-order valence-electron chi connectivity index (χ0n) is 13.9. The molecule has 3 heteroatoms. The fourth-order valence-electron chi connectivity index (χ4n) is 3.00. The highest BCUT2D eigenvalue weighted by atomic mass is 16.5. The van der Waals surface area contributed by atoms with Gasteiger partial charge in [-0.3, -0.25) is 4.90 Å². The van der Waals surface area contributed by atoms with E-state index in [2.05, 4.69) is 63.2 Å². The third-order valence-electron chi connectivity index (χ3n) is 4.35. The van der Waals surface area contributed by atoms with E-state index in [9.17, 15) is 0 Å². The van der Waals surface area contributed by atoms with Crippen LogP contribution in [0.5, 0.6) is 5.75 Å². The summed E-state index contributed by atoms with van der Waals surface area (Å²) >= 11 is 0. The molecule has 20 heavy (non-hydrogen) atoms. The summed E-state index contributed by atoms with van der Waals surface area (Å²) in [6.07, 6.45) is 0.997. The zero-order chi connectivity index (χ0) is 15.2. The van der Waals surface area contributed by atoms with E-state index in [0.717, 1.165) is 25.3 Å². The number of benzene rings is 1. The molecule has 0 fully saturated rings. The van der Waals surface area contributed by atoms with E-state index in [1.807, 2.05) is 6.07 Å². The molecule has 1 aromatic rings. The first-order chi connectivity index (χ1) is 9.49. The lowest BCUT2D eigenvalue weighted by Crippen LogP contribution is -2.57. The van der Waals surface area contributed by atoms with E-state index >= 15 is 0 Å². The minimum Gasteiger partial charge on any atom is -0.497 e. The highest BCUT2D eigenvalue weighted by Crippen LogP contribution is 2.23. The van der Waals surface area contributed by atoms with Crippen LogP contribution in [0, 0.1) is 0 Å². The predicted octanol–water partition coefficient (Wildman–Crippen LogP) is 2.95. The van der Waals surface area contributed by atoms with Crippen molar-refractivity contribution in [3.05, 3.63) is 29.8 Å². The molecule has 0 aliphatic rings. The Morgan fingerprint density at radius 2 is 1.90 bits per heavy atom. The molecular formula is C17H30N2O. The van der Waals surface area contributed by atoms with Gasteiger partial charge in [0.1, 0.15) is 5.75 Å². The predicted molar refractivity (Wildman–Crippen MR) is 86.5 cm³/mol. The van der Waals surface area contributed by atoms with Crippen LogP contribution in [-0.4, -0.2) is 43.7 Å². The number of methoxy groups -OCH3 is 1. The van der Waals surface area contributed by atoms with Gasteiger partial charge in [0, 0.05) is 11.6 Å². The second-order valence-electron chi connectivity index (χ2n) is 5.72. The highest BCUT2D eigenvalue weighted by Gasteiger charge is 2.32. The van der Waals surface area contributed by atoms with Crippen molar-refractivity contribution >= 4 is 0 Å². The molecular weight excluding hydrogens is 248 g/mol. The van der Waals surface area contributed by atoms with Crippen molar-refractivity contribution in [3.63, 3.8) is 0 Å². The molecule has 0 heterocycles. The number of likely N-dealkylation sites (N-methyl/N-ethyl adjacent to an activating group) is 2. The first kappa shape index (κ1) is 17.0. The normalized spacial score (nSPS) is 13.6. The minimum atomic E-state index is 0.112. The third-order valence-corrected chi connectivity index (χ3v) is 4.35. The van der Waals surface area contributed by atoms with Crippen molar-refractivity contribution in [3.8, 4) is 5.75 Å². The van der Waals surface area contributed by atoms with Crippen molar-refractivity contribution in [2.75, 3.05) is 27.2 Å². The minimum absolute atomic E-state index is 0.112. The SMILES string of the molecule is CCN(CC)C(C)(C)C(Cc1cccc(OC)c1)NC. The Morgan fingerprint density at radius 3 is 2.40 bits per heavy atom. The molecule has 0 aromatic heterocycles. The number of nitrogens with one attached hydrogen (secondary N) is 1. The Bertz CT molecular complexity index is 400. The van der Waals surface area contributed by atoms with E-state index < -0.39 is 0 Å². The Morgan fingerprint density at radius 1 is 1.25 bits per heavy atom. The molecule has 1 atom stereocenters. The van der Waals surface area contributed by atoms with Gasteiger partial charge in [-0.15, -0.1) is 0 Å². The fourth-order valence-corrected chi connectivity index (χ4v) is 3.00. The second kappa shape index (κ2) is 7.65. The highest BCUT2D eigenvalue weighted by molar-refractivity contribution is 5.29. The maximum atomic E-state index is 5.31. The van der Waals surface area contributed by atoms with Crippen LogP contribution >= 0.6 is 0 Å². The fraction of sp³-hybridized carbons (Fsp3) is 0.647. The summed E-state index contributed by atoms with van der Waals surface area (Å²) in [5, 5.41) is 3.49. The van der Waals surface area contributed by atoms with E-state index in [0.29, 0.717) is 6.04 Å². The molecule has 0 aliphatic heterocycles. The van der Waals surface area contributed by atoms with Gasteiger partial charge in [0.25, 0.3) is 0 Å². The molecule has 1 N–H and O–H groups in total. The van der Waals surface area contributed by atoms with Gasteiger partial charge in [-0.25, -0.2) is 0 Å². The second-order valence-corrected chi connectivity index (χ2v) is 5.72. The maximum absolute atomic E-state index is 5.31. The van der Waals surface area contributed by atoms with Crippen LogP contribution in [-0.2, 0) is 6.42 Å². The molecule has 0 spiro atoms. The number of hydrogen-bond donors (Lipinski definition) is 1. The summed E-state index contributed by atoms with van der Waals surface area (Å²) in [6.45, 7) is 11.2. The average molecular weight is 278 g/mol. The van der Waals surface area contributed by atoms with Crippen LogP contribution in [0.1, 0.15) is 33.3 Å². The third kappa shape index (κ3) is 3.97. The Kier molecular flexibility index (Phi) is 6.50. The van der Waals surface area contributed by atoms with Crippen molar-refractivity contribution in [1.29, 1.82) is 0 Å². The molecule has 0 bridgehead atoms. The Balaban J connectivity index is 2.89. The summed E-state index contributed by atoms with van der Waals surface area (Å²) in [6, 6.07) is 8.75. The van der Waals surface area contributed by atoms with Gasteiger partial charge in [-0.1, -0.05) is 26.0 Å². The molecule has 0 aliphatic carbocycles. The van der Waals surface area contributed by atoms with Gasteiger partial charge in [0.15, 0.2) is 0 Å². The number of rotatable bonds is 8. The summed E-state index contributed by atoms with van der Waals surface area (Å²) in [7, 11) is 3.77. The van der Waals surface area contributed by atoms with Gasteiger partial charge in [-0.05, 0) is 58.1 Å². The summed E-state index contributed by atoms with van der Waals surface area (Å²) in [5.74, 6) is 0.929. The number of hydrogen-bond acceptors (Lipinski definition) is 3. The van der Waals surface area contributed by atoms with Crippen molar-refractivity contribution in [1.82, 2.24) is 10.2 Å². The first-order valence-corrected chi connectivity index (χ1v) is 7.54. The van der Waals surface area contributed by atoms with Crippen molar-refractivity contribution in [2.24, 2.45) is 0 Å². The molecule has 0 radical (unpaired) electrons. The van der Waals surface area contributed by atoms with Gasteiger partial charge < -0.3 is 10.1 Å². The molecule has 0 saturated carbocycles. The molecule has 1 aromatic carbocycles. The summed E-state index contributed by atoms with van der Waals surface area (Å²) in [5.41, 5.74) is 1.42. The molecule has 1 unspecified atom stereocenters. The molecule has 3 nitrogen and oxygen atoms in total. The molecule has 0 amide bonds. The van der Waals surface area contributed by atoms with Gasteiger partial charge >= 0.3 is 0 Å². The quantitative estimate of drug-likeness (QED) is 0.791. The van der Waals surface area contributed by atoms with E-state index in [1.165, 1.54) is 5.56 Å². The van der Waals surface area contributed by atoms with Crippen LogP contribution in [0.4, 0.5) is 0 Å². The maximum Gasteiger partial charge on any atom is 0.119 e. The van der Waals surface area contributed by atoms with E-state index in [-0.39, 0.29) is 5.54 Å². The van der Waals surface area contributed by atoms with Crippen molar-refractivity contribution in [2.45, 2.75) is 45.7 Å². The van der Waals surface area contributed by atoms with E-state index in [1.54, 1.807) is 7.11 Å². The molecule has 1 rings (SSSR count).